The van der Waals surface area contributed by atoms with E-state index in [-0.39, 0.29) is 25.7 Å². The Morgan fingerprint density at radius 2 is 0.460 bits per heavy atom. The number of allylic oxidation sites excluding steroid dienone is 6. The largest absolute Gasteiger partial charge is 0.472 e. The third-order valence-electron chi connectivity index (χ3n) is 18.1. The predicted octanol–water partition coefficient (Wildman–Crippen LogP) is 23.9. The van der Waals surface area contributed by atoms with Crippen molar-refractivity contribution in [1.82, 2.24) is 0 Å². The normalized spacial score (nSPS) is 14.0. The molecule has 0 saturated carbocycles. The van der Waals surface area contributed by atoms with Gasteiger partial charge in [-0.25, -0.2) is 9.13 Å². The molecule has 0 spiro atoms. The Bertz CT molecular complexity index is 2040. The van der Waals surface area contributed by atoms with Crippen molar-refractivity contribution >= 4 is 39.5 Å². The highest BCUT2D eigenvalue weighted by Crippen LogP contribution is 2.45. The average Bonchev–Trinajstić information content (AvgIpc) is 1.25. The molecule has 2 unspecified atom stereocenters. The molecule has 0 saturated heterocycles. The Morgan fingerprint density at radius 1 is 0.270 bits per heavy atom. The summed E-state index contributed by atoms with van der Waals surface area (Å²) in [5.74, 6) is -2.15. The van der Waals surface area contributed by atoms with Crippen molar-refractivity contribution in [3.8, 4) is 0 Å². The number of hydrogen-bond acceptors (Lipinski definition) is 15. The first-order valence-electron chi connectivity index (χ1n) is 41.2. The van der Waals surface area contributed by atoms with E-state index in [0.717, 1.165) is 148 Å². The van der Waals surface area contributed by atoms with Crippen LogP contribution in [0.2, 0.25) is 0 Å². The molecule has 0 aromatic carbocycles. The van der Waals surface area contributed by atoms with Crippen molar-refractivity contribution in [2.24, 2.45) is 0 Å². The van der Waals surface area contributed by atoms with E-state index < -0.39 is 97.5 Å². The van der Waals surface area contributed by atoms with E-state index in [0.29, 0.717) is 25.7 Å². The molecule has 0 aliphatic heterocycles. The second-order valence-corrected chi connectivity index (χ2v) is 31.0. The number of hydrogen-bond donors (Lipinski definition) is 3. The van der Waals surface area contributed by atoms with E-state index in [2.05, 4.69) is 64.2 Å². The summed E-state index contributed by atoms with van der Waals surface area (Å²) in [7, 11) is -9.94. The second-order valence-electron chi connectivity index (χ2n) is 28.1. The van der Waals surface area contributed by atoms with Crippen LogP contribution in [-0.4, -0.2) is 96.7 Å². The predicted molar refractivity (Wildman–Crippen MR) is 409 cm³/mol. The Labute approximate surface area is 611 Å². The number of unbranched alkanes of at least 4 members (excludes halogenated alkanes) is 47. The Kier molecular flexibility index (Phi) is 72.5. The summed E-state index contributed by atoms with van der Waals surface area (Å²) in [5, 5.41) is 10.6. The molecule has 0 aliphatic carbocycles. The Morgan fingerprint density at radius 3 is 0.700 bits per heavy atom. The number of aliphatic hydroxyl groups excluding tert-OH is 1. The van der Waals surface area contributed by atoms with Gasteiger partial charge in [-0.15, -0.1) is 0 Å². The summed E-state index contributed by atoms with van der Waals surface area (Å²) in [5.41, 5.74) is 0. The monoisotopic (exact) mass is 1460 g/mol. The van der Waals surface area contributed by atoms with Gasteiger partial charge in [-0.3, -0.25) is 37.3 Å². The SMILES string of the molecule is CCCCCC/C=C\CCCCCCCCCC(=O)O[C@H](COC(=O)CCCCCCCCCCCCCCCCC)COP(=O)(O)OC[C@H](O)COP(=O)(O)OC[C@@H](COC(=O)CCCCCCC/C=C\CCCCCCCC)OC(=O)CCCCCCC/C=C\CCCCCCCC. The zero-order valence-electron chi connectivity index (χ0n) is 64.4. The number of phosphoric acid groups is 2. The van der Waals surface area contributed by atoms with E-state index in [1.54, 1.807) is 0 Å². The molecule has 0 fully saturated rings. The highest BCUT2D eigenvalue weighted by atomic mass is 31.2. The van der Waals surface area contributed by atoms with E-state index in [1.165, 1.54) is 173 Å². The molecule has 588 valence electrons. The maximum Gasteiger partial charge on any atom is 0.472 e. The standard InChI is InChI=1S/C81H152O17P2/c1-5-9-13-17-21-25-29-33-37-41-45-49-53-57-61-65-78(83)91-71-76(97-80(85)67-63-59-55-51-47-43-39-35-31-27-23-19-15-11-7-3)73-95-99(87,88)93-69-75(82)70-94-100(89,90)96-74-77(98-81(86)68-64-60-56-52-48-44-40-36-32-28-24-20-16-12-8-4)72-92-79(84)66-62-58-54-50-46-42-38-34-30-26-22-18-14-10-6-2/h27,31,34,36,38,40,75-77,82H,5-26,28-30,32-33,35,37,39,41-74H2,1-4H3,(H,87,88)(H,89,90)/b31-27-,38-34-,40-36-/t75-,76+,77+/m0/s1. The van der Waals surface area contributed by atoms with E-state index in [9.17, 15) is 43.2 Å². The van der Waals surface area contributed by atoms with Crippen LogP contribution in [-0.2, 0) is 65.4 Å². The van der Waals surface area contributed by atoms with Crippen molar-refractivity contribution in [3.05, 3.63) is 36.5 Å². The van der Waals surface area contributed by atoms with Gasteiger partial charge in [-0.05, 0) is 103 Å². The van der Waals surface area contributed by atoms with Crippen molar-refractivity contribution in [2.45, 2.75) is 418 Å². The lowest BCUT2D eigenvalue weighted by Crippen LogP contribution is -2.30. The average molecular weight is 1460 g/mol. The molecule has 0 amide bonds. The summed E-state index contributed by atoms with van der Waals surface area (Å²) >= 11 is 0. The maximum atomic E-state index is 13.1. The van der Waals surface area contributed by atoms with E-state index >= 15 is 0 Å². The van der Waals surface area contributed by atoms with Crippen LogP contribution in [0.3, 0.4) is 0 Å². The third kappa shape index (κ3) is 73.6. The molecule has 3 N–H and O–H groups in total. The minimum Gasteiger partial charge on any atom is -0.462 e. The quantitative estimate of drug-likeness (QED) is 0.0169. The van der Waals surface area contributed by atoms with Gasteiger partial charge in [0.1, 0.15) is 19.3 Å². The van der Waals surface area contributed by atoms with Gasteiger partial charge in [0.25, 0.3) is 0 Å². The molecule has 0 heterocycles. The van der Waals surface area contributed by atoms with Crippen LogP contribution in [0.15, 0.2) is 36.5 Å². The molecule has 19 heteroatoms. The van der Waals surface area contributed by atoms with Crippen LogP contribution in [0.4, 0.5) is 0 Å². The zero-order chi connectivity index (χ0) is 73.2. The minimum absolute atomic E-state index is 0.0899. The highest BCUT2D eigenvalue weighted by molar-refractivity contribution is 7.47. The number of ether oxygens (including phenoxy) is 4. The van der Waals surface area contributed by atoms with E-state index in [4.69, 9.17) is 37.0 Å². The molecular formula is C81H152O17P2. The fourth-order valence-corrected chi connectivity index (χ4v) is 13.3. The molecule has 0 aromatic heterocycles. The summed E-state index contributed by atoms with van der Waals surface area (Å²) < 4.78 is 68.7. The molecular weight excluding hydrogens is 1310 g/mol. The number of phosphoric ester groups is 2. The topological polar surface area (TPSA) is 237 Å². The van der Waals surface area contributed by atoms with E-state index in [1.807, 2.05) is 0 Å². The van der Waals surface area contributed by atoms with Crippen LogP contribution in [0, 0.1) is 0 Å². The summed E-state index contributed by atoms with van der Waals surface area (Å²) in [6, 6.07) is 0. The van der Waals surface area contributed by atoms with Crippen LogP contribution in [0.25, 0.3) is 0 Å². The molecule has 17 nitrogen and oxygen atoms in total. The Balaban J connectivity index is 5.32. The van der Waals surface area contributed by atoms with Gasteiger partial charge in [0, 0.05) is 25.7 Å². The molecule has 0 rings (SSSR count). The van der Waals surface area contributed by atoms with Crippen molar-refractivity contribution < 1.29 is 80.2 Å². The maximum absolute atomic E-state index is 13.1. The van der Waals surface area contributed by atoms with Crippen molar-refractivity contribution in [3.63, 3.8) is 0 Å². The van der Waals surface area contributed by atoms with Crippen LogP contribution in [0.1, 0.15) is 400 Å². The lowest BCUT2D eigenvalue weighted by molar-refractivity contribution is -0.161. The summed E-state index contributed by atoms with van der Waals surface area (Å²) in [6.07, 6.45) is 71.1. The molecule has 0 radical (unpaired) electrons. The lowest BCUT2D eigenvalue weighted by atomic mass is 10.0. The van der Waals surface area contributed by atoms with Crippen LogP contribution >= 0.6 is 15.6 Å². The molecule has 0 bridgehead atoms. The van der Waals surface area contributed by atoms with Crippen molar-refractivity contribution in [2.75, 3.05) is 39.6 Å². The zero-order valence-corrected chi connectivity index (χ0v) is 66.2. The second kappa shape index (κ2) is 74.5. The fraction of sp³-hybridized carbons (Fsp3) is 0.877. The number of aliphatic hydroxyl groups is 1. The molecule has 0 aromatic rings. The number of carbonyl (C=O) groups is 4. The first-order chi connectivity index (χ1) is 48.7. The van der Waals surface area contributed by atoms with Gasteiger partial charge in [0.2, 0.25) is 0 Å². The van der Waals surface area contributed by atoms with Gasteiger partial charge < -0.3 is 33.8 Å². The number of rotatable bonds is 79. The van der Waals surface area contributed by atoms with Gasteiger partial charge >= 0.3 is 39.5 Å². The minimum atomic E-state index is -4.97. The van der Waals surface area contributed by atoms with Crippen LogP contribution < -0.4 is 0 Å². The van der Waals surface area contributed by atoms with Gasteiger partial charge in [-0.2, -0.15) is 0 Å². The summed E-state index contributed by atoms with van der Waals surface area (Å²) in [4.78, 5) is 73.0. The van der Waals surface area contributed by atoms with Gasteiger partial charge in [-0.1, -0.05) is 308 Å². The molecule has 0 aliphatic rings. The third-order valence-corrected chi connectivity index (χ3v) is 20.0. The van der Waals surface area contributed by atoms with Crippen molar-refractivity contribution in [1.29, 1.82) is 0 Å². The molecule has 5 atom stereocenters. The first kappa shape index (κ1) is 97.3. The Hall–Kier alpha value is -2.72. The smallest absolute Gasteiger partial charge is 0.462 e. The number of carbonyl (C=O) groups excluding carboxylic acids is 4. The fourth-order valence-electron chi connectivity index (χ4n) is 11.7. The van der Waals surface area contributed by atoms with Gasteiger partial charge in [0.05, 0.1) is 26.4 Å². The molecule has 100 heavy (non-hydrogen) atoms. The first-order valence-corrected chi connectivity index (χ1v) is 44.2. The number of esters is 4. The summed E-state index contributed by atoms with van der Waals surface area (Å²) in [6.45, 7) is 4.94. The highest BCUT2D eigenvalue weighted by Gasteiger charge is 2.30. The van der Waals surface area contributed by atoms with Crippen LogP contribution in [0.5, 0.6) is 0 Å². The van der Waals surface area contributed by atoms with Gasteiger partial charge in [0.15, 0.2) is 12.2 Å². The lowest BCUT2D eigenvalue weighted by Gasteiger charge is -2.21.